The molecule has 2 aromatic carbocycles. The lowest BCUT2D eigenvalue weighted by Crippen LogP contribution is -2.43. The van der Waals surface area contributed by atoms with Crippen molar-refractivity contribution >= 4 is 59.2 Å². The van der Waals surface area contributed by atoms with Crippen LogP contribution in [0.1, 0.15) is 17.3 Å². The number of carbonyl (C=O) groups excluding carboxylic acids is 1. The second-order valence-electron chi connectivity index (χ2n) is 5.86. The highest BCUT2D eigenvalue weighted by atomic mass is 127. The number of halogens is 2. The molecule has 0 aromatic heterocycles. The Morgan fingerprint density at radius 2 is 1.68 bits per heavy atom. The van der Waals surface area contributed by atoms with Gasteiger partial charge in [0, 0.05) is 36.8 Å². The Labute approximate surface area is 193 Å². The van der Waals surface area contributed by atoms with E-state index in [0.717, 1.165) is 6.54 Å². The molecular formula is C20H26ClIN4OS. The molecule has 2 aromatic rings. The van der Waals surface area contributed by atoms with Gasteiger partial charge in [0.2, 0.25) is 0 Å². The molecule has 0 radical (unpaired) electrons. The van der Waals surface area contributed by atoms with E-state index in [2.05, 4.69) is 40.0 Å². The van der Waals surface area contributed by atoms with Crippen LogP contribution in [-0.4, -0.2) is 43.8 Å². The van der Waals surface area contributed by atoms with Crippen molar-refractivity contribution in [3.63, 3.8) is 0 Å². The molecule has 1 unspecified atom stereocenters. The average molecular weight is 533 g/mol. The van der Waals surface area contributed by atoms with Gasteiger partial charge in [0.15, 0.2) is 5.96 Å². The molecule has 152 valence electrons. The second kappa shape index (κ2) is 13.7. The van der Waals surface area contributed by atoms with Crippen molar-refractivity contribution in [1.29, 1.82) is 0 Å². The summed E-state index contributed by atoms with van der Waals surface area (Å²) in [6, 6.07) is 17.3. The molecule has 0 aliphatic carbocycles. The van der Waals surface area contributed by atoms with E-state index in [1.807, 2.05) is 30.0 Å². The molecule has 0 spiro atoms. The number of hydrogen-bond acceptors (Lipinski definition) is 3. The lowest BCUT2D eigenvalue weighted by Gasteiger charge is -2.16. The molecule has 0 fully saturated rings. The summed E-state index contributed by atoms with van der Waals surface area (Å²) in [4.78, 5) is 17.6. The maximum atomic E-state index is 12.1. The zero-order chi connectivity index (χ0) is 19.5. The maximum absolute atomic E-state index is 12.1. The van der Waals surface area contributed by atoms with Gasteiger partial charge in [-0.25, -0.2) is 0 Å². The van der Waals surface area contributed by atoms with Crippen LogP contribution in [0.2, 0.25) is 5.02 Å². The Morgan fingerprint density at radius 1 is 1.04 bits per heavy atom. The van der Waals surface area contributed by atoms with Crippen molar-refractivity contribution < 1.29 is 4.79 Å². The van der Waals surface area contributed by atoms with Crippen molar-refractivity contribution in [2.75, 3.05) is 26.7 Å². The number of thioether (sulfide) groups is 1. The minimum absolute atomic E-state index is 0. The highest BCUT2D eigenvalue weighted by Gasteiger charge is 2.09. The Morgan fingerprint density at radius 3 is 2.36 bits per heavy atom. The summed E-state index contributed by atoms with van der Waals surface area (Å²) in [5, 5.41) is 10.2. The molecule has 0 heterocycles. The summed E-state index contributed by atoms with van der Waals surface area (Å²) in [6.07, 6.45) is 0. The van der Waals surface area contributed by atoms with E-state index in [1.54, 1.807) is 31.3 Å². The van der Waals surface area contributed by atoms with Crippen LogP contribution in [0.15, 0.2) is 64.5 Å². The highest BCUT2D eigenvalue weighted by Crippen LogP contribution is 2.21. The van der Waals surface area contributed by atoms with E-state index in [0.29, 0.717) is 34.9 Å². The van der Waals surface area contributed by atoms with E-state index in [-0.39, 0.29) is 29.9 Å². The Balaban J connectivity index is 0.00000392. The number of benzene rings is 2. The lowest BCUT2D eigenvalue weighted by molar-refractivity contribution is 0.0954. The first-order valence-corrected chi connectivity index (χ1v) is 10.0. The minimum atomic E-state index is -0.182. The number of rotatable bonds is 8. The predicted octanol–water partition coefficient (Wildman–Crippen LogP) is 4.03. The molecule has 28 heavy (non-hydrogen) atoms. The summed E-state index contributed by atoms with van der Waals surface area (Å²) in [7, 11) is 1.73. The summed E-state index contributed by atoms with van der Waals surface area (Å²) >= 11 is 7.84. The predicted molar refractivity (Wildman–Crippen MR) is 130 cm³/mol. The van der Waals surface area contributed by atoms with E-state index < -0.39 is 0 Å². The van der Waals surface area contributed by atoms with Crippen LogP contribution in [0.3, 0.4) is 0 Å². The van der Waals surface area contributed by atoms with Crippen LogP contribution in [0.25, 0.3) is 0 Å². The highest BCUT2D eigenvalue weighted by molar-refractivity contribution is 14.0. The topological polar surface area (TPSA) is 65.5 Å². The van der Waals surface area contributed by atoms with Gasteiger partial charge in [-0.1, -0.05) is 48.9 Å². The summed E-state index contributed by atoms with van der Waals surface area (Å²) in [5.74, 6) is 0.528. The third-order valence-electron chi connectivity index (χ3n) is 3.68. The Hall–Kier alpha value is -1.45. The maximum Gasteiger partial charge on any atom is 0.252 e. The zero-order valence-electron chi connectivity index (χ0n) is 15.9. The molecule has 0 aliphatic heterocycles. The number of carbonyl (C=O) groups is 1. The van der Waals surface area contributed by atoms with Gasteiger partial charge in [0.05, 0.1) is 10.6 Å². The SMILES string of the molecule is CN=C(NCCNC(=O)c1ccccc1Cl)NCC(C)Sc1ccccc1.I. The van der Waals surface area contributed by atoms with Crippen LogP contribution in [0.4, 0.5) is 0 Å². The van der Waals surface area contributed by atoms with Gasteiger partial charge in [-0.2, -0.15) is 0 Å². The second-order valence-corrected chi connectivity index (χ2v) is 7.78. The van der Waals surface area contributed by atoms with Gasteiger partial charge in [0.1, 0.15) is 0 Å². The molecule has 3 N–H and O–H groups in total. The monoisotopic (exact) mass is 532 g/mol. The molecule has 1 atom stereocenters. The smallest absolute Gasteiger partial charge is 0.252 e. The van der Waals surface area contributed by atoms with Crippen LogP contribution in [0, 0.1) is 0 Å². The summed E-state index contributed by atoms with van der Waals surface area (Å²) in [6.45, 7) is 3.99. The number of nitrogens with zero attached hydrogens (tertiary/aromatic N) is 1. The third kappa shape index (κ3) is 8.70. The van der Waals surface area contributed by atoms with E-state index in [4.69, 9.17) is 11.6 Å². The minimum Gasteiger partial charge on any atom is -0.355 e. The van der Waals surface area contributed by atoms with E-state index in [9.17, 15) is 4.79 Å². The fourth-order valence-electron chi connectivity index (χ4n) is 2.33. The fourth-order valence-corrected chi connectivity index (χ4v) is 3.50. The lowest BCUT2D eigenvalue weighted by atomic mass is 10.2. The number of guanidine groups is 1. The Bertz CT molecular complexity index is 761. The molecule has 2 rings (SSSR count). The average Bonchev–Trinajstić information content (AvgIpc) is 2.68. The number of hydrogen-bond donors (Lipinski definition) is 3. The molecule has 1 amide bonds. The molecule has 0 saturated carbocycles. The zero-order valence-corrected chi connectivity index (χ0v) is 19.8. The van der Waals surface area contributed by atoms with Crippen molar-refractivity contribution in [3.8, 4) is 0 Å². The van der Waals surface area contributed by atoms with Gasteiger partial charge >= 0.3 is 0 Å². The Kier molecular flexibility index (Phi) is 12.0. The van der Waals surface area contributed by atoms with Crippen molar-refractivity contribution in [2.45, 2.75) is 17.1 Å². The summed E-state index contributed by atoms with van der Waals surface area (Å²) < 4.78 is 0. The molecule has 0 saturated heterocycles. The third-order valence-corrected chi connectivity index (χ3v) is 5.13. The van der Waals surface area contributed by atoms with Gasteiger partial charge in [0.25, 0.3) is 5.91 Å². The molecule has 8 heteroatoms. The standard InChI is InChI=1S/C20H25ClN4OS.HI/c1-15(27-16-8-4-3-5-9-16)14-25-20(22-2)24-13-12-23-19(26)17-10-6-7-11-18(17)21;/h3-11,15H,12-14H2,1-2H3,(H,23,26)(H2,22,24,25);1H. The summed E-state index contributed by atoms with van der Waals surface area (Å²) in [5.41, 5.74) is 0.480. The first kappa shape index (κ1) is 24.6. The van der Waals surface area contributed by atoms with Gasteiger partial charge in [-0.05, 0) is 24.3 Å². The van der Waals surface area contributed by atoms with E-state index in [1.165, 1.54) is 4.90 Å². The number of aliphatic imine (C=N–C) groups is 1. The van der Waals surface area contributed by atoms with Crippen molar-refractivity contribution in [1.82, 2.24) is 16.0 Å². The van der Waals surface area contributed by atoms with Gasteiger partial charge < -0.3 is 16.0 Å². The largest absolute Gasteiger partial charge is 0.355 e. The van der Waals surface area contributed by atoms with Gasteiger partial charge in [-0.3, -0.25) is 9.79 Å². The number of amides is 1. The first-order valence-electron chi connectivity index (χ1n) is 8.79. The van der Waals surface area contributed by atoms with Crippen LogP contribution < -0.4 is 16.0 Å². The van der Waals surface area contributed by atoms with Crippen molar-refractivity contribution in [2.24, 2.45) is 4.99 Å². The quantitative estimate of drug-likeness (QED) is 0.158. The van der Waals surface area contributed by atoms with Crippen LogP contribution in [-0.2, 0) is 0 Å². The molecular weight excluding hydrogens is 507 g/mol. The van der Waals surface area contributed by atoms with Crippen LogP contribution >= 0.6 is 47.3 Å². The first-order chi connectivity index (χ1) is 13.1. The molecule has 0 aliphatic rings. The van der Waals surface area contributed by atoms with Gasteiger partial charge in [-0.15, -0.1) is 35.7 Å². The molecule has 0 bridgehead atoms. The number of nitrogens with one attached hydrogen (secondary N) is 3. The normalized spacial score (nSPS) is 11.9. The van der Waals surface area contributed by atoms with Crippen molar-refractivity contribution in [3.05, 3.63) is 65.2 Å². The fraction of sp³-hybridized carbons (Fsp3) is 0.300. The van der Waals surface area contributed by atoms with Crippen LogP contribution in [0.5, 0.6) is 0 Å². The van der Waals surface area contributed by atoms with E-state index >= 15 is 0 Å². The molecule has 5 nitrogen and oxygen atoms in total.